The molecule has 0 aliphatic rings. The summed E-state index contributed by atoms with van der Waals surface area (Å²) in [6.07, 6.45) is 0. The van der Waals surface area contributed by atoms with Gasteiger partial charge in [0.25, 0.3) is 17.6 Å². The maximum atomic E-state index is 10.8. The Labute approximate surface area is 91.2 Å². The van der Waals surface area contributed by atoms with E-state index in [0.29, 0.717) is 5.69 Å². The van der Waals surface area contributed by atoms with Crippen molar-refractivity contribution in [3.63, 3.8) is 0 Å². The highest BCUT2D eigenvalue weighted by Crippen LogP contribution is 2.23. The number of hydrogen-bond acceptors (Lipinski definition) is 5. The summed E-state index contributed by atoms with van der Waals surface area (Å²) < 4.78 is 4.93. The van der Waals surface area contributed by atoms with Crippen molar-refractivity contribution in [3.8, 4) is 11.5 Å². The van der Waals surface area contributed by atoms with Gasteiger partial charge in [-0.1, -0.05) is 5.16 Å². The molecule has 0 atom stereocenters. The Kier molecular flexibility index (Phi) is 2.32. The van der Waals surface area contributed by atoms with Crippen LogP contribution in [0.2, 0.25) is 0 Å². The number of anilines is 1. The fourth-order valence-corrected chi connectivity index (χ4v) is 1.36. The molecule has 16 heavy (non-hydrogen) atoms. The zero-order valence-corrected chi connectivity index (χ0v) is 8.60. The molecular formula is C10H10N4O2. The molecule has 6 heteroatoms. The molecule has 82 valence electrons. The molecule has 0 saturated heterocycles. The van der Waals surface area contributed by atoms with Gasteiger partial charge >= 0.3 is 0 Å². The fraction of sp³-hybridized carbons (Fsp3) is 0.100. The number of carbonyl (C=O) groups is 1. The van der Waals surface area contributed by atoms with Crippen LogP contribution in [0.5, 0.6) is 0 Å². The van der Waals surface area contributed by atoms with E-state index in [9.17, 15) is 4.79 Å². The predicted molar refractivity (Wildman–Crippen MR) is 57.4 cm³/mol. The molecule has 0 radical (unpaired) electrons. The van der Waals surface area contributed by atoms with Gasteiger partial charge in [0.05, 0.1) is 0 Å². The molecule has 0 fully saturated rings. The third-order valence-electron chi connectivity index (χ3n) is 2.13. The maximum Gasteiger partial charge on any atom is 0.290 e. The van der Waals surface area contributed by atoms with E-state index in [-0.39, 0.29) is 11.7 Å². The number of amides is 1. The molecule has 2 aromatic rings. The first-order chi connectivity index (χ1) is 7.58. The van der Waals surface area contributed by atoms with Crippen molar-refractivity contribution in [1.29, 1.82) is 0 Å². The van der Waals surface area contributed by atoms with E-state index in [0.717, 1.165) is 11.1 Å². The van der Waals surface area contributed by atoms with E-state index < -0.39 is 5.91 Å². The summed E-state index contributed by atoms with van der Waals surface area (Å²) in [5, 5.41) is 3.46. The summed E-state index contributed by atoms with van der Waals surface area (Å²) in [5.74, 6) is -0.597. The number of nitrogens with two attached hydrogens (primary N) is 2. The fourth-order valence-electron chi connectivity index (χ4n) is 1.36. The monoisotopic (exact) mass is 218 g/mol. The average molecular weight is 218 g/mol. The number of aromatic nitrogens is 2. The van der Waals surface area contributed by atoms with Crippen LogP contribution in [-0.2, 0) is 0 Å². The van der Waals surface area contributed by atoms with Gasteiger partial charge in [0.1, 0.15) is 0 Å². The van der Waals surface area contributed by atoms with Crippen LogP contribution >= 0.6 is 0 Å². The lowest BCUT2D eigenvalue weighted by Crippen LogP contribution is -2.12. The second-order valence-corrected chi connectivity index (χ2v) is 3.36. The van der Waals surface area contributed by atoms with Gasteiger partial charge in [0, 0.05) is 11.3 Å². The molecule has 1 amide bonds. The summed E-state index contributed by atoms with van der Waals surface area (Å²) in [6.45, 7) is 1.86. The molecule has 0 unspecified atom stereocenters. The Bertz CT molecular complexity index is 548. The number of nitrogen functional groups attached to an aromatic ring is 1. The van der Waals surface area contributed by atoms with Gasteiger partial charge in [0.15, 0.2) is 0 Å². The molecule has 2 rings (SSSR count). The van der Waals surface area contributed by atoms with Gasteiger partial charge in [-0.15, -0.1) is 0 Å². The second kappa shape index (κ2) is 3.65. The zero-order valence-electron chi connectivity index (χ0n) is 8.60. The lowest BCUT2D eigenvalue weighted by atomic mass is 10.1. The first-order valence-corrected chi connectivity index (χ1v) is 4.58. The molecule has 0 aliphatic heterocycles. The van der Waals surface area contributed by atoms with Crippen LogP contribution in [0.25, 0.3) is 11.5 Å². The summed E-state index contributed by atoms with van der Waals surface area (Å²) in [5.41, 5.74) is 12.9. The van der Waals surface area contributed by atoms with Gasteiger partial charge in [-0.05, 0) is 30.7 Å². The van der Waals surface area contributed by atoms with E-state index in [1.54, 1.807) is 18.2 Å². The summed E-state index contributed by atoms with van der Waals surface area (Å²) >= 11 is 0. The number of benzene rings is 1. The second-order valence-electron chi connectivity index (χ2n) is 3.36. The number of hydrogen-bond donors (Lipinski definition) is 2. The lowest BCUT2D eigenvalue weighted by Gasteiger charge is -2.00. The van der Waals surface area contributed by atoms with Crippen LogP contribution in [0.4, 0.5) is 5.69 Å². The first kappa shape index (κ1) is 10.2. The van der Waals surface area contributed by atoms with Crippen molar-refractivity contribution in [2.24, 2.45) is 5.73 Å². The standard InChI is InChI=1S/C10H10N4O2/c1-5-4-6(11)2-3-7(5)10-13-9(8(12)15)14-16-10/h2-4H,11H2,1H3,(H2,12,15). The molecule has 4 N–H and O–H groups in total. The third kappa shape index (κ3) is 1.72. The van der Waals surface area contributed by atoms with Gasteiger partial charge in [-0.3, -0.25) is 4.79 Å². The highest BCUT2D eigenvalue weighted by molar-refractivity contribution is 5.89. The summed E-state index contributed by atoms with van der Waals surface area (Å²) in [4.78, 5) is 14.7. The number of nitrogens with zero attached hydrogens (tertiary/aromatic N) is 2. The van der Waals surface area contributed by atoms with Crippen molar-refractivity contribution in [1.82, 2.24) is 10.1 Å². The Morgan fingerprint density at radius 3 is 2.75 bits per heavy atom. The Balaban J connectivity index is 2.46. The molecule has 0 saturated carbocycles. The Morgan fingerprint density at radius 2 is 2.19 bits per heavy atom. The van der Waals surface area contributed by atoms with E-state index in [4.69, 9.17) is 16.0 Å². The minimum Gasteiger partial charge on any atom is -0.399 e. The van der Waals surface area contributed by atoms with Crippen LogP contribution in [0.3, 0.4) is 0 Å². The Morgan fingerprint density at radius 1 is 1.44 bits per heavy atom. The van der Waals surface area contributed by atoms with Crippen molar-refractivity contribution in [2.45, 2.75) is 6.92 Å². The molecule has 0 bridgehead atoms. The topological polar surface area (TPSA) is 108 Å². The highest BCUT2D eigenvalue weighted by Gasteiger charge is 2.14. The largest absolute Gasteiger partial charge is 0.399 e. The summed E-state index contributed by atoms with van der Waals surface area (Å²) in [7, 11) is 0. The minimum absolute atomic E-state index is 0.133. The minimum atomic E-state index is -0.719. The van der Waals surface area contributed by atoms with Crippen molar-refractivity contribution < 1.29 is 9.32 Å². The number of rotatable bonds is 2. The molecule has 6 nitrogen and oxygen atoms in total. The zero-order chi connectivity index (χ0) is 11.7. The van der Waals surface area contributed by atoms with Gasteiger partial charge in [-0.2, -0.15) is 4.98 Å². The molecule has 1 aromatic carbocycles. The molecule has 0 spiro atoms. The SMILES string of the molecule is Cc1cc(N)ccc1-c1nc(C(N)=O)no1. The van der Waals surface area contributed by atoms with Crippen molar-refractivity contribution in [3.05, 3.63) is 29.6 Å². The van der Waals surface area contributed by atoms with E-state index in [1.165, 1.54) is 0 Å². The molecule has 1 aromatic heterocycles. The summed E-state index contributed by atoms with van der Waals surface area (Å²) in [6, 6.07) is 5.25. The maximum absolute atomic E-state index is 10.8. The van der Waals surface area contributed by atoms with Crippen LogP contribution in [-0.4, -0.2) is 16.0 Å². The van der Waals surface area contributed by atoms with Crippen molar-refractivity contribution >= 4 is 11.6 Å². The van der Waals surface area contributed by atoms with Crippen LogP contribution in [0, 0.1) is 6.92 Å². The highest BCUT2D eigenvalue weighted by atomic mass is 16.5. The molecular weight excluding hydrogens is 208 g/mol. The number of aryl methyl sites for hydroxylation is 1. The van der Waals surface area contributed by atoms with Crippen LogP contribution in [0.1, 0.15) is 16.2 Å². The first-order valence-electron chi connectivity index (χ1n) is 4.58. The van der Waals surface area contributed by atoms with E-state index in [2.05, 4.69) is 10.1 Å². The lowest BCUT2D eigenvalue weighted by molar-refractivity contribution is 0.0987. The quantitative estimate of drug-likeness (QED) is 0.722. The molecule has 0 aliphatic carbocycles. The van der Waals surface area contributed by atoms with Crippen LogP contribution in [0.15, 0.2) is 22.7 Å². The van der Waals surface area contributed by atoms with Gasteiger partial charge in [-0.25, -0.2) is 0 Å². The normalized spacial score (nSPS) is 10.3. The van der Waals surface area contributed by atoms with E-state index >= 15 is 0 Å². The smallest absolute Gasteiger partial charge is 0.290 e. The van der Waals surface area contributed by atoms with Crippen LogP contribution < -0.4 is 11.5 Å². The average Bonchev–Trinajstić information content (AvgIpc) is 2.66. The van der Waals surface area contributed by atoms with Gasteiger partial charge in [0.2, 0.25) is 0 Å². The predicted octanol–water partition coefficient (Wildman–Crippen LogP) is 0.726. The molecule has 1 heterocycles. The van der Waals surface area contributed by atoms with Crippen molar-refractivity contribution in [2.75, 3.05) is 5.73 Å². The third-order valence-corrected chi connectivity index (χ3v) is 2.13. The van der Waals surface area contributed by atoms with Gasteiger partial charge < -0.3 is 16.0 Å². The van der Waals surface area contributed by atoms with E-state index in [1.807, 2.05) is 6.92 Å². The number of carbonyl (C=O) groups excluding carboxylic acids is 1. The number of primary amides is 1. The Hall–Kier alpha value is -2.37.